The summed E-state index contributed by atoms with van der Waals surface area (Å²) >= 11 is 3.32. The Bertz CT molecular complexity index is 576. The lowest BCUT2D eigenvalue weighted by Crippen LogP contribution is -2.10. The fourth-order valence-electron chi connectivity index (χ4n) is 2.36. The van der Waals surface area contributed by atoms with E-state index in [0.29, 0.717) is 12.0 Å². The van der Waals surface area contributed by atoms with Crippen molar-refractivity contribution in [2.24, 2.45) is 0 Å². The summed E-state index contributed by atoms with van der Waals surface area (Å²) in [4.78, 5) is 0. The van der Waals surface area contributed by atoms with E-state index in [4.69, 9.17) is 4.74 Å². The lowest BCUT2D eigenvalue weighted by atomic mass is 10.2. The Morgan fingerprint density at radius 3 is 2.79 bits per heavy atom. The number of hydrogen-bond donors (Lipinski definition) is 0. The number of aromatic nitrogens is 2. The summed E-state index contributed by atoms with van der Waals surface area (Å²) in [5, 5.41) is 5.06. The summed E-state index contributed by atoms with van der Waals surface area (Å²) in [6.45, 7) is 7.25. The van der Waals surface area contributed by atoms with Crippen LogP contribution < -0.4 is 0 Å². The maximum Gasteiger partial charge on any atom is 0.135 e. The highest BCUT2D eigenvalue weighted by Crippen LogP contribution is 2.30. The van der Waals surface area contributed by atoms with E-state index in [2.05, 4.69) is 21.0 Å². The van der Waals surface area contributed by atoms with Gasteiger partial charge in [0.2, 0.25) is 0 Å². The number of nitrogens with zero attached hydrogens (tertiary/aromatic N) is 2. The first-order valence-corrected chi connectivity index (χ1v) is 7.37. The molecule has 0 amide bonds. The maximum atomic E-state index is 13.9. The minimum atomic E-state index is -0.225. The lowest BCUT2D eigenvalue weighted by Gasteiger charge is -2.09. The molecular weight excluding hydrogens is 311 g/mol. The van der Waals surface area contributed by atoms with Gasteiger partial charge in [0.25, 0.3) is 0 Å². The van der Waals surface area contributed by atoms with Crippen molar-refractivity contribution < 1.29 is 9.13 Å². The van der Waals surface area contributed by atoms with Crippen LogP contribution in [-0.2, 0) is 4.74 Å². The molecule has 1 saturated heterocycles. The van der Waals surface area contributed by atoms with Crippen LogP contribution in [-0.4, -0.2) is 23.0 Å². The Balaban J connectivity index is 0.000000637. The molecule has 5 heteroatoms. The minimum absolute atomic E-state index is 0.222. The van der Waals surface area contributed by atoms with Gasteiger partial charge in [0.1, 0.15) is 5.82 Å². The van der Waals surface area contributed by atoms with Gasteiger partial charge in [0, 0.05) is 11.1 Å². The van der Waals surface area contributed by atoms with Crippen LogP contribution in [0.4, 0.5) is 4.39 Å². The van der Waals surface area contributed by atoms with Crippen molar-refractivity contribution in [1.82, 2.24) is 9.78 Å². The molecule has 1 aliphatic heterocycles. The van der Waals surface area contributed by atoms with Crippen molar-refractivity contribution in [3.05, 3.63) is 28.1 Å². The van der Waals surface area contributed by atoms with Crippen LogP contribution in [0.3, 0.4) is 0 Å². The number of aryl methyl sites for hydroxylation is 1. The number of fused-ring (bicyclic) bond motifs is 1. The van der Waals surface area contributed by atoms with Crippen LogP contribution in [0.1, 0.15) is 32.0 Å². The van der Waals surface area contributed by atoms with E-state index in [1.165, 1.54) is 6.07 Å². The topological polar surface area (TPSA) is 27.1 Å². The molecule has 3 rings (SSSR count). The molecule has 19 heavy (non-hydrogen) atoms. The van der Waals surface area contributed by atoms with Gasteiger partial charge in [-0.2, -0.15) is 5.10 Å². The van der Waals surface area contributed by atoms with Gasteiger partial charge in [-0.3, -0.25) is 4.68 Å². The first-order chi connectivity index (χ1) is 9.16. The van der Waals surface area contributed by atoms with Crippen LogP contribution in [0.5, 0.6) is 0 Å². The van der Waals surface area contributed by atoms with E-state index in [-0.39, 0.29) is 11.9 Å². The predicted octanol–water partition coefficient (Wildman–Crippen LogP) is 4.23. The largest absolute Gasteiger partial charge is 0.379 e. The molecule has 0 aliphatic carbocycles. The summed E-state index contributed by atoms with van der Waals surface area (Å²) < 4.78 is 21.9. The molecule has 2 aromatic rings. The molecule has 0 radical (unpaired) electrons. The molecule has 2 heterocycles. The van der Waals surface area contributed by atoms with Gasteiger partial charge in [-0.1, -0.05) is 29.8 Å². The zero-order valence-corrected chi connectivity index (χ0v) is 13.0. The van der Waals surface area contributed by atoms with Crippen molar-refractivity contribution in [2.45, 2.75) is 33.2 Å². The van der Waals surface area contributed by atoms with E-state index in [9.17, 15) is 4.39 Å². The van der Waals surface area contributed by atoms with Crippen molar-refractivity contribution >= 4 is 26.8 Å². The average Bonchev–Trinajstić information content (AvgIpc) is 2.99. The second kappa shape index (κ2) is 6.01. The second-order valence-corrected chi connectivity index (χ2v) is 5.24. The number of ether oxygens (including phenoxy) is 1. The monoisotopic (exact) mass is 328 g/mol. The van der Waals surface area contributed by atoms with Crippen molar-refractivity contribution in [2.75, 3.05) is 13.2 Å². The molecule has 1 atom stereocenters. The molecule has 1 aromatic carbocycles. The number of benzene rings is 1. The molecule has 3 nitrogen and oxygen atoms in total. The second-order valence-electron chi connectivity index (χ2n) is 4.33. The minimum Gasteiger partial charge on any atom is -0.379 e. The third-order valence-corrected chi connectivity index (χ3v) is 3.61. The molecule has 0 bridgehead atoms. The molecule has 0 spiro atoms. The Morgan fingerprint density at radius 1 is 1.42 bits per heavy atom. The van der Waals surface area contributed by atoms with Crippen molar-refractivity contribution in [3.63, 3.8) is 0 Å². The van der Waals surface area contributed by atoms with Crippen LogP contribution in [0, 0.1) is 12.7 Å². The summed E-state index contributed by atoms with van der Waals surface area (Å²) in [6, 6.07) is 3.61. The van der Waals surface area contributed by atoms with Gasteiger partial charge < -0.3 is 4.74 Å². The highest BCUT2D eigenvalue weighted by Gasteiger charge is 2.22. The standard InChI is InChI=1S/C12H12BrFN2O.C2H6/c1-7-12-10(14)4-8(13)5-11(12)16(15-7)9-2-3-17-6-9;1-2/h4-5,9H,2-3,6H2,1H3;1-2H3. The third-order valence-electron chi connectivity index (χ3n) is 3.15. The Hall–Kier alpha value is -0.940. The molecule has 1 fully saturated rings. The highest BCUT2D eigenvalue weighted by molar-refractivity contribution is 9.10. The van der Waals surface area contributed by atoms with Gasteiger partial charge in [-0.15, -0.1) is 0 Å². The molecule has 104 valence electrons. The number of halogens is 2. The molecule has 1 aromatic heterocycles. The van der Waals surface area contributed by atoms with Crippen molar-refractivity contribution in [3.8, 4) is 0 Å². The number of rotatable bonds is 1. The fraction of sp³-hybridized carbons (Fsp3) is 0.500. The summed E-state index contributed by atoms with van der Waals surface area (Å²) in [5.41, 5.74) is 1.57. The average molecular weight is 329 g/mol. The van der Waals surface area contributed by atoms with Gasteiger partial charge in [-0.05, 0) is 25.5 Å². The Morgan fingerprint density at radius 2 is 2.16 bits per heavy atom. The Kier molecular flexibility index (Phi) is 4.58. The van der Waals surface area contributed by atoms with Crippen LogP contribution in [0.25, 0.3) is 10.9 Å². The van der Waals surface area contributed by atoms with Gasteiger partial charge in [0.05, 0.1) is 29.2 Å². The molecule has 1 unspecified atom stereocenters. The smallest absolute Gasteiger partial charge is 0.135 e. The maximum absolute atomic E-state index is 13.9. The normalized spacial score (nSPS) is 18.5. The van der Waals surface area contributed by atoms with E-state index in [1.807, 2.05) is 31.5 Å². The zero-order valence-electron chi connectivity index (χ0n) is 11.4. The van der Waals surface area contributed by atoms with Gasteiger partial charge >= 0.3 is 0 Å². The van der Waals surface area contributed by atoms with Gasteiger partial charge in [-0.25, -0.2) is 4.39 Å². The third kappa shape index (κ3) is 2.67. The van der Waals surface area contributed by atoms with Crippen molar-refractivity contribution in [1.29, 1.82) is 0 Å². The van der Waals surface area contributed by atoms with E-state index in [0.717, 1.165) is 28.7 Å². The SMILES string of the molecule is CC.Cc1nn(C2CCOC2)c2cc(Br)cc(F)c12. The molecule has 0 saturated carbocycles. The van der Waals surface area contributed by atoms with E-state index in [1.54, 1.807) is 0 Å². The first kappa shape index (κ1) is 14.5. The van der Waals surface area contributed by atoms with Crippen LogP contribution in [0.2, 0.25) is 0 Å². The highest BCUT2D eigenvalue weighted by atomic mass is 79.9. The predicted molar refractivity (Wildman–Crippen MR) is 77.9 cm³/mol. The Labute approximate surface area is 120 Å². The van der Waals surface area contributed by atoms with Crippen LogP contribution >= 0.6 is 15.9 Å². The van der Waals surface area contributed by atoms with Crippen LogP contribution in [0.15, 0.2) is 16.6 Å². The lowest BCUT2D eigenvalue weighted by molar-refractivity contribution is 0.185. The number of hydrogen-bond acceptors (Lipinski definition) is 2. The summed E-state index contributed by atoms with van der Waals surface area (Å²) in [6.07, 6.45) is 0.935. The quantitative estimate of drug-likeness (QED) is 0.783. The fourth-order valence-corrected chi connectivity index (χ4v) is 2.78. The summed E-state index contributed by atoms with van der Waals surface area (Å²) in [7, 11) is 0. The van der Waals surface area contributed by atoms with E-state index >= 15 is 0 Å². The summed E-state index contributed by atoms with van der Waals surface area (Å²) in [5.74, 6) is -0.225. The molecular formula is C14H18BrFN2O. The molecule has 0 N–H and O–H groups in total. The van der Waals surface area contributed by atoms with Gasteiger partial charge in [0.15, 0.2) is 0 Å². The molecule has 1 aliphatic rings. The zero-order chi connectivity index (χ0) is 14.0. The first-order valence-electron chi connectivity index (χ1n) is 6.58. The van der Waals surface area contributed by atoms with E-state index < -0.39 is 0 Å².